The van der Waals surface area contributed by atoms with E-state index in [2.05, 4.69) is 0 Å². The second-order valence-electron chi connectivity index (χ2n) is 4.40. The van der Waals surface area contributed by atoms with Crippen molar-refractivity contribution >= 4 is 0 Å². The lowest BCUT2D eigenvalue weighted by Crippen LogP contribution is -2.18. The second-order valence-corrected chi connectivity index (χ2v) is 4.40. The van der Waals surface area contributed by atoms with Crippen LogP contribution in [0.1, 0.15) is 17.2 Å². The molecule has 2 aromatic rings. The summed E-state index contributed by atoms with van der Waals surface area (Å²) >= 11 is 0. The molecule has 86 valence electrons. The van der Waals surface area contributed by atoms with Crippen LogP contribution < -0.4 is 5.73 Å². The van der Waals surface area contributed by atoms with Gasteiger partial charge in [-0.15, -0.1) is 0 Å². The van der Waals surface area contributed by atoms with Crippen LogP contribution in [0.15, 0.2) is 36.4 Å². The van der Waals surface area contributed by atoms with Crippen LogP contribution in [0.5, 0.6) is 11.5 Å². The topological polar surface area (TPSA) is 66.5 Å². The van der Waals surface area contributed by atoms with Gasteiger partial charge in [0.15, 0.2) is 11.5 Å². The maximum absolute atomic E-state index is 9.59. The first-order valence-corrected chi connectivity index (χ1v) is 5.56. The average Bonchev–Trinajstić information content (AvgIpc) is 2.32. The Hall–Kier alpha value is -2.00. The molecule has 0 spiro atoms. The van der Waals surface area contributed by atoms with E-state index >= 15 is 0 Å². The molecule has 1 aliphatic rings. The van der Waals surface area contributed by atoms with Gasteiger partial charge in [-0.05, 0) is 40.8 Å². The number of aromatic hydroxyl groups is 2. The second kappa shape index (κ2) is 3.50. The minimum Gasteiger partial charge on any atom is -0.504 e. The Morgan fingerprint density at radius 1 is 1.00 bits per heavy atom. The number of fused-ring (bicyclic) bond motifs is 3. The van der Waals surface area contributed by atoms with E-state index in [-0.39, 0.29) is 17.5 Å². The number of benzene rings is 2. The maximum atomic E-state index is 9.59. The first-order valence-electron chi connectivity index (χ1n) is 5.56. The molecule has 1 aliphatic carbocycles. The monoisotopic (exact) mass is 227 g/mol. The first kappa shape index (κ1) is 10.2. The molecule has 2 aromatic carbocycles. The predicted molar refractivity (Wildman–Crippen MR) is 65.8 cm³/mol. The number of nitrogens with two attached hydrogens (primary N) is 1. The summed E-state index contributed by atoms with van der Waals surface area (Å²) in [6, 6.07) is 11.1. The molecule has 0 amide bonds. The molecule has 3 heteroatoms. The maximum Gasteiger partial charge on any atom is 0.158 e. The SMILES string of the molecule is N[C@@H]1Cc2cc(O)c(O)cc2-c2ccccc21. The van der Waals surface area contributed by atoms with Crippen LogP contribution in [0, 0.1) is 0 Å². The Morgan fingerprint density at radius 2 is 1.71 bits per heavy atom. The first-order chi connectivity index (χ1) is 8.16. The fourth-order valence-corrected chi connectivity index (χ4v) is 2.45. The van der Waals surface area contributed by atoms with Gasteiger partial charge in [-0.3, -0.25) is 0 Å². The molecule has 0 fully saturated rings. The number of rotatable bonds is 0. The molecule has 4 N–H and O–H groups in total. The van der Waals surface area contributed by atoms with Gasteiger partial charge in [0.25, 0.3) is 0 Å². The standard InChI is InChI=1S/C14H13NO2/c15-12-5-8-6-13(16)14(17)7-11(8)9-3-1-2-4-10(9)12/h1-4,6-7,12,16-17H,5,15H2/t12-/m1/s1. The number of phenols is 2. The van der Waals surface area contributed by atoms with Crippen molar-refractivity contribution in [2.45, 2.75) is 12.5 Å². The van der Waals surface area contributed by atoms with Gasteiger partial charge in [-0.1, -0.05) is 24.3 Å². The molecule has 0 aromatic heterocycles. The van der Waals surface area contributed by atoms with E-state index in [9.17, 15) is 10.2 Å². The minimum atomic E-state index is -0.0889. The third kappa shape index (κ3) is 1.47. The summed E-state index contributed by atoms with van der Waals surface area (Å²) in [5.41, 5.74) is 10.2. The van der Waals surface area contributed by atoms with Crippen LogP contribution in [-0.2, 0) is 6.42 Å². The summed E-state index contributed by atoms with van der Waals surface area (Å²) in [6.45, 7) is 0. The van der Waals surface area contributed by atoms with Crippen molar-refractivity contribution in [3.8, 4) is 22.6 Å². The Balaban J connectivity index is 2.29. The van der Waals surface area contributed by atoms with Gasteiger partial charge in [0.2, 0.25) is 0 Å². The Kier molecular flexibility index (Phi) is 2.09. The zero-order valence-corrected chi connectivity index (χ0v) is 9.22. The molecule has 0 unspecified atom stereocenters. The van der Waals surface area contributed by atoms with E-state index in [1.54, 1.807) is 12.1 Å². The normalized spacial score (nSPS) is 17.4. The lowest BCUT2D eigenvalue weighted by Gasteiger charge is -2.25. The minimum absolute atomic E-state index is 0.0531. The molecular weight excluding hydrogens is 214 g/mol. The van der Waals surface area contributed by atoms with E-state index in [4.69, 9.17) is 5.73 Å². The predicted octanol–water partition coefficient (Wildman–Crippen LogP) is 2.32. The molecule has 3 nitrogen and oxygen atoms in total. The van der Waals surface area contributed by atoms with Gasteiger partial charge in [-0.25, -0.2) is 0 Å². The van der Waals surface area contributed by atoms with Crippen LogP contribution in [0.2, 0.25) is 0 Å². The van der Waals surface area contributed by atoms with Crippen molar-refractivity contribution in [1.82, 2.24) is 0 Å². The highest BCUT2D eigenvalue weighted by Gasteiger charge is 2.22. The van der Waals surface area contributed by atoms with Gasteiger partial charge in [0.05, 0.1) is 0 Å². The van der Waals surface area contributed by atoms with Gasteiger partial charge >= 0.3 is 0 Å². The van der Waals surface area contributed by atoms with Crippen molar-refractivity contribution in [2.24, 2.45) is 5.73 Å². The molecular formula is C14H13NO2. The summed E-state index contributed by atoms with van der Waals surface area (Å²) in [5.74, 6) is -0.177. The zero-order chi connectivity index (χ0) is 12.0. The van der Waals surface area contributed by atoms with Crippen molar-refractivity contribution < 1.29 is 10.2 Å². The quantitative estimate of drug-likeness (QED) is 0.605. The third-order valence-electron chi connectivity index (χ3n) is 3.29. The number of hydrogen-bond donors (Lipinski definition) is 3. The van der Waals surface area contributed by atoms with Gasteiger partial charge in [0.1, 0.15) is 0 Å². The molecule has 0 saturated heterocycles. The van der Waals surface area contributed by atoms with E-state index in [0.29, 0.717) is 6.42 Å². The molecule has 0 aliphatic heterocycles. The highest BCUT2D eigenvalue weighted by molar-refractivity contribution is 5.76. The Morgan fingerprint density at radius 3 is 2.53 bits per heavy atom. The molecule has 3 rings (SSSR count). The smallest absolute Gasteiger partial charge is 0.158 e. The van der Waals surface area contributed by atoms with E-state index in [0.717, 1.165) is 22.3 Å². The van der Waals surface area contributed by atoms with Crippen LogP contribution in [-0.4, -0.2) is 10.2 Å². The lowest BCUT2D eigenvalue weighted by molar-refractivity contribution is 0.403. The van der Waals surface area contributed by atoms with Crippen LogP contribution in [0.4, 0.5) is 0 Å². The Labute approximate surface area is 99.1 Å². The molecule has 0 bridgehead atoms. The van der Waals surface area contributed by atoms with Crippen molar-refractivity contribution in [3.63, 3.8) is 0 Å². The van der Waals surface area contributed by atoms with E-state index in [1.165, 1.54) is 0 Å². The zero-order valence-electron chi connectivity index (χ0n) is 9.22. The van der Waals surface area contributed by atoms with Gasteiger partial charge < -0.3 is 15.9 Å². The fourth-order valence-electron chi connectivity index (χ4n) is 2.45. The van der Waals surface area contributed by atoms with Crippen molar-refractivity contribution in [3.05, 3.63) is 47.5 Å². The third-order valence-corrected chi connectivity index (χ3v) is 3.29. The highest BCUT2D eigenvalue weighted by Crippen LogP contribution is 2.41. The summed E-state index contributed by atoms with van der Waals surface area (Å²) in [7, 11) is 0. The van der Waals surface area contributed by atoms with E-state index < -0.39 is 0 Å². The van der Waals surface area contributed by atoms with Crippen LogP contribution in [0.3, 0.4) is 0 Å². The van der Waals surface area contributed by atoms with Gasteiger partial charge in [0, 0.05) is 6.04 Å². The molecule has 0 saturated carbocycles. The largest absolute Gasteiger partial charge is 0.504 e. The highest BCUT2D eigenvalue weighted by atomic mass is 16.3. The summed E-state index contributed by atoms with van der Waals surface area (Å²) < 4.78 is 0. The molecule has 1 atom stereocenters. The van der Waals surface area contributed by atoms with Crippen LogP contribution in [0.25, 0.3) is 11.1 Å². The average molecular weight is 227 g/mol. The molecule has 0 heterocycles. The lowest BCUT2D eigenvalue weighted by atomic mass is 9.83. The summed E-state index contributed by atoms with van der Waals surface area (Å²) in [5, 5.41) is 19.1. The number of phenolic OH excluding ortho intramolecular Hbond substituents is 2. The van der Waals surface area contributed by atoms with E-state index in [1.807, 2.05) is 24.3 Å². The summed E-state index contributed by atoms with van der Waals surface area (Å²) in [4.78, 5) is 0. The Bertz CT molecular complexity index is 593. The molecule has 0 radical (unpaired) electrons. The van der Waals surface area contributed by atoms with Crippen molar-refractivity contribution in [1.29, 1.82) is 0 Å². The molecule has 17 heavy (non-hydrogen) atoms. The summed E-state index contributed by atoms with van der Waals surface area (Å²) in [6.07, 6.45) is 0.681. The fraction of sp³-hybridized carbons (Fsp3) is 0.143. The van der Waals surface area contributed by atoms with Crippen molar-refractivity contribution in [2.75, 3.05) is 0 Å². The van der Waals surface area contributed by atoms with Crippen LogP contribution >= 0.6 is 0 Å². The number of hydrogen-bond acceptors (Lipinski definition) is 3. The van der Waals surface area contributed by atoms with Gasteiger partial charge in [-0.2, -0.15) is 0 Å².